The average Bonchev–Trinajstić information content (AvgIpc) is 3.08. The zero-order valence-corrected chi connectivity index (χ0v) is 16.3. The van der Waals surface area contributed by atoms with E-state index in [2.05, 4.69) is 29.3 Å². The molecule has 2 N–H and O–H groups in total. The Balaban J connectivity index is 1.50. The average molecular weight is 377 g/mol. The summed E-state index contributed by atoms with van der Waals surface area (Å²) in [6.07, 6.45) is 4.95. The van der Waals surface area contributed by atoms with E-state index in [1.54, 1.807) is 0 Å². The summed E-state index contributed by atoms with van der Waals surface area (Å²) in [5.74, 6) is 1.15. The number of thioether (sulfide) groups is 1. The number of benzene rings is 1. The highest BCUT2D eigenvalue weighted by atomic mass is 32.2. The molecule has 0 spiro atoms. The van der Waals surface area contributed by atoms with E-state index in [9.17, 15) is 9.59 Å². The Hall–Kier alpha value is -1.95. The van der Waals surface area contributed by atoms with Crippen molar-refractivity contribution in [3.63, 3.8) is 0 Å². The highest BCUT2D eigenvalue weighted by Crippen LogP contribution is 2.25. The number of carbonyl (C=O) groups is 2. The first kappa shape index (κ1) is 20.4. The van der Waals surface area contributed by atoms with E-state index < -0.39 is 0 Å². The Morgan fingerprint density at radius 3 is 2.88 bits per heavy atom. The van der Waals surface area contributed by atoms with Gasteiger partial charge in [0.25, 0.3) is 0 Å². The van der Waals surface area contributed by atoms with E-state index in [0.717, 1.165) is 68.5 Å². The molecule has 26 heavy (non-hydrogen) atoms. The second kappa shape index (κ2) is 10.9. The number of amides is 1. The van der Waals surface area contributed by atoms with Crippen molar-refractivity contribution < 1.29 is 14.3 Å². The summed E-state index contributed by atoms with van der Waals surface area (Å²) in [5.41, 5.74) is 3.59. The van der Waals surface area contributed by atoms with E-state index in [1.807, 2.05) is 6.07 Å². The molecule has 0 aromatic heterocycles. The van der Waals surface area contributed by atoms with Crippen LogP contribution in [-0.4, -0.2) is 29.9 Å². The van der Waals surface area contributed by atoms with Crippen LogP contribution >= 0.6 is 11.8 Å². The minimum atomic E-state index is -0.0731. The zero-order valence-electron chi connectivity index (χ0n) is 15.4. The predicted molar refractivity (Wildman–Crippen MR) is 106 cm³/mol. The van der Waals surface area contributed by atoms with Gasteiger partial charge in [0.05, 0.1) is 12.4 Å². The fourth-order valence-corrected chi connectivity index (χ4v) is 3.19. The normalized spacial score (nSPS) is 12.2. The molecule has 0 aliphatic carbocycles. The van der Waals surface area contributed by atoms with Gasteiger partial charge in [-0.05, 0) is 36.5 Å². The van der Waals surface area contributed by atoms with E-state index in [4.69, 9.17) is 4.74 Å². The summed E-state index contributed by atoms with van der Waals surface area (Å²) in [7, 11) is 0. The third-order valence-electron chi connectivity index (χ3n) is 4.18. The van der Waals surface area contributed by atoms with Crippen LogP contribution in [0.5, 0.6) is 5.75 Å². The van der Waals surface area contributed by atoms with Gasteiger partial charge in [-0.3, -0.25) is 9.59 Å². The number of carbonyl (C=O) groups excluding carboxylic acids is 2. The fraction of sp³-hybridized carbons (Fsp3) is 0.500. The number of hydrogen-bond acceptors (Lipinski definition) is 5. The van der Waals surface area contributed by atoms with Crippen LogP contribution in [0.3, 0.4) is 0 Å². The van der Waals surface area contributed by atoms with Gasteiger partial charge in [-0.2, -0.15) is 0 Å². The van der Waals surface area contributed by atoms with Crippen molar-refractivity contribution in [2.24, 2.45) is 0 Å². The van der Waals surface area contributed by atoms with Gasteiger partial charge >= 0.3 is 0 Å². The van der Waals surface area contributed by atoms with E-state index in [-0.39, 0.29) is 16.8 Å². The lowest BCUT2D eigenvalue weighted by molar-refractivity contribution is -0.118. The minimum absolute atomic E-state index is 0.0283. The Morgan fingerprint density at radius 2 is 2.08 bits per heavy atom. The lowest BCUT2D eigenvalue weighted by atomic mass is 10.1. The van der Waals surface area contributed by atoms with Gasteiger partial charge in [-0.25, -0.2) is 0 Å². The van der Waals surface area contributed by atoms with Gasteiger partial charge in [0.15, 0.2) is 5.12 Å². The SMILES string of the molecule is C=C(CCCCCNC(=O)CSC(C)=O)NCc1ccc2c(c1)CCO2. The summed E-state index contributed by atoms with van der Waals surface area (Å²) < 4.78 is 5.52. The van der Waals surface area contributed by atoms with Crippen molar-refractivity contribution in [1.82, 2.24) is 10.6 Å². The molecule has 2 rings (SSSR count). The molecule has 0 fully saturated rings. The molecule has 1 aromatic carbocycles. The Labute approximate surface area is 160 Å². The lowest BCUT2D eigenvalue weighted by Crippen LogP contribution is -2.26. The maximum absolute atomic E-state index is 11.5. The van der Waals surface area contributed by atoms with Crippen LogP contribution in [0.1, 0.15) is 43.7 Å². The molecule has 1 aliphatic heterocycles. The van der Waals surface area contributed by atoms with Crippen molar-refractivity contribution >= 4 is 22.8 Å². The smallest absolute Gasteiger partial charge is 0.230 e. The van der Waals surface area contributed by atoms with Crippen LogP contribution in [0.15, 0.2) is 30.5 Å². The number of hydrogen-bond donors (Lipinski definition) is 2. The van der Waals surface area contributed by atoms with Crippen LogP contribution in [-0.2, 0) is 22.6 Å². The highest BCUT2D eigenvalue weighted by molar-refractivity contribution is 8.14. The first-order valence-electron chi connectivity index (χ1n) is 9.11. The van der Waals surface area contributed by atoms with Gasteiger partial charge in [0.1, 0.15) is 5.75 Å². The highest BCUT2D eigenvalue weighted by Gasteiger charge is 2.11. The maximum atomic E-state index is 11.5. The van der Waals surface area contributed by atoms with Crippen molar-refractivity contribution in [1.29, 1.82) is 0 Å². The largest absolute Gasteiger partial charge is 0.493 e. The Kier molecular flexibility index (Phi) is 8.54. The Bertz CT molecular complexity index is 646. The van der Waals surface area contributed by atoms with Crippen LogP contribution in [0, 0.1) is 0 Å². The van der Waals surface area contributed by atoms with Gasteiger partial charge < -0.3 is 15.4 Å². The molecule has 1 heterocycles. The number of ether oxygens (including phenoxy) is 1. The minimum Gasteiger partial charge on any atom is -0.493 e. The summed E-state index contributed by atoms with van der Waals surface area (Å²) in [5, 5.41) is 6.19. The topological polar surface area (TPSA) is 67.4 Å². The molecular weight excluding hydrogens is 348 g/mol. The van der Waals surface area contributed by atoms with E-state index >= 15 is 0 Å². The molecule has 0 unspecified atom stereocenters. The quantitative estimate of drug-likeness (QED) is 0.581. The number of unbranched alkanes of at least 4 members (excludes halogenated alkanes) is 2. The standard InChI is InChI=1S/C20H28N2O3S/c1-15(6-4-3-5-10-21-20(24)14-26-16(2)23)22-13-17-7-8-19-18(12-17)9-11-25-19/h7-8,12,22H,1,3-6,9-11,13-14H2,2H3,(H,21,24). The molecule has 1 amide bonds. The molecule has 1 aromatic rings. The number of allylic oxidation sites excluding steroid dienone is 1. The number of fused-ring (bicyclic) bond motifs is 1. The second-order valence-electron chi connectivity index (χ2n) is 6.44. The summed E-state index contributed by atoms with van der Waals surface area (Å²) in [4.78, 5) is 22.2. The lowest BCUT2D eigenvalue weighted by Gasteiger charge is -2.11. The van der Waals surface area contributed by atoms with Gasteiger partial charge in [-0.1, -0.05) is 36.9 Å². The van der Waals surface area contributed by atoms with Crippen LogP contribution in [0.25, 0.3) is 0 Å². The van der Waals surface area contributed by atoms with Crippen molar-refractivity contribution in [2.75, 3.05) is 18.9 Å². The Morgan fingerprint density at radius 1 is 1.23 bits per heavy atom. The first-order chi connectivity index (χ1) is 12.5. The van der Waals surface area contributed by atoms with E-state index in [0.29, 0.717) is 6.54 Å². The van der Waals surface area contributed by atoms with Crippen molar-refractivity contribution in [3.8, 4) is 5.75 Å². The van der Waals surface area contributed by atoms with Crippen molar-refractivity contribution in [2.45, 2.75) is 45.6 Å². The molecule has 0 bridgehead atoms. The fourth-order valence-electron chi connectivity index (χ4n) is 2.75. The first-order valence-corrected chi connectivity index (χ1v) is 10.1. The van der Waals surface area contributed by atoms with Gasteiger partial charge in [-0.15, -0.1) is 0 Å². The van der Waals surface area contributed by atoms with Gasteiger partial charge in [0.2, 0.25) is 5.91 Å². The van der Waals surface area contributed by atoms with Gasteiger partial charge in [0, 0.05) is 32.1 Å². The monoisotopic (exact) mass is 376 g/mol. The maximum Gasteiger partial charge on any atom is 0.230 e. The summed E-state index contributed by atoms with van der Waals surface area (Å²) >= 11 is 1.04. The molecular formula is C20H28N2O3S. The zero-order chi connectivity index (χ0) is 18.8. The summed E-state index contributed by atoms with van der Waals surface area (Å²) in [6, 6.07) is 6.35. The van der Waals surface area contributed by atoms with Crippen LogP contribution < -0.4 is 15.4 Å². The molecule has 0 saturated heterocycles. The molecule has 0 radical (unpaired) electrons. The molecule has 0 saturated carbocycles. The third kappa shape index (κ3) is 7.52. The summed E-state index contributed by atoms with van der Waals surface area (Å²) in [6.45, 7) is 7.79. The molecule has 6 heteroatoms. The molecule has 5 nitrogen and oxygen atoms in total. The number of nitrogens with one attached hydrogen (secondary N) is 2. The van der Waals surface area contributed by atoms with Crippen LogP contribution in [0.4, 0.5) is 0 Å². The second-order valence-corrected chi connectivity index (χ2v) is 7.59. The molecule has 142 valence electrons. The van der Waals surface area contributed by atoms with Crippen LogP contribution in [0.2, 0.25) is 0 Å². The number of rotatable bonds is 11. The molecule has 1 aliphatic rings. The molecule has 0 atom stereocenters. The van der Waals surface area contributed by atoms with Crippen molar-refractivity contribution in [3.05, 3.63) is 41.6 Å². The third-order valence-corrected chi connectivity index (χ3v) is 4.99. The van der Waals surface area contributed by atoms with E-state index in [1.165, 1.54) is 18.1 Å². The predicted octanol–water partition coefficient (Wildman–Crippen LogP) is 3.18.